The molecule has 0 unspecified atom stereocenters. The van der Waals surface area contributed by atoms with Crippen LogP contribution in [0, 0.1) is 0 Å². The first-order valence-corrected chi connectivity index (χ1v) is 8.11. The molecule has 0 saturated carbocycles. The fraction of sp³-hybridized carbons (Fsp3) is 0.263. The number of amides is 1. The van der Waals surface area contributed by atoms with Crippen LogP contribution in [-0.2, 0) is 17.8 Å². The first kappa shape index (κ1) is 16.8. The van der Waals surface area contributed by atoms with Crippen LogP contribution in [-0.4, -0.2) is 30.1 Å². The molecule has 3 rings (SSSR count). The monoisotopic (exact) mass is 339 g/mol. The molecule has 1 amide bonds. The number of aromatic amines is 1. The van der Waals surface area contributed by atoms with Gasteiger partial charge in [-0.1, -0.05) is 12.1 Å². The summed E-state index contributed by atoms with van der Waals surface area (Å²) in [5.74, 6) is 2.21. The molecule has 6 heteroatoms. The highest BCUT2D eigenvalue weighted by Crippen LogP contribution is 2.25. The number of H-pyrrole nitrogens is 1. The third kappa shape index (κ3) is 4.09. The zero-order chi connectivity index (χ0) is 17.6. The van der Waals surface area contributed by atoms with E-state index in [0.717, 1.165) is 33.9 Å². The van der Waals surface area contributed by atoms with Gasteiger partial charge >= 0.3 is 0 Å². The Kier molecular flexibility index (Phi) is 5.18. The topological polar surface area (TPSA) is 76.2 Å². The van der Waals surface area contributed by atoms with E-state index in [1.165, 1.54) is 0 Å². The minimum absolute atomic E-state index is 0.0367. The van der Waals surface area contributed by atoms with Gasteiger partial charge in [0.1, 0.15) is 17.3 Å². The van der Waals surface area contributed by atoms with Crippen LogP contribution in [0.2, 0.25) is 0 Å². The summed E-state index contributed by atoms with van der Waals surface area (Å²) in [6.45, 7) is 0.378. The van der Waals surface area contributed by atoms with Crippen LogP contribution >= 0.6 is 0 Å². The molecule has 0 saturated heterocycles. The third-order valence-electron chi connectivity index (χ3n) is 4.00. The smallest absolute Gasteiger partial charge is 0.220 e. The Bertz CT molecular complexity index is 840. The van der Waals surface area contributed by atoms with E-state index in [1.54, 1.807) is 14.2 Å². The molecule has 0 spiro atoms. The fourth-order valence-corrected chi connectivity index (χ4v) is 2.69. The average molecular weight is 339 g/mol. The molecule has 0 aliphatic carbocycles. The average Bonchev–Trinajstić information content (AvgIpc) is 3.07. The second-order valence-corrected chi connectivity index (χ2v) is 5.66. The summed E-state index contributed by atoms with van der Waals surface area (Å²) in [6, 6.07) is 13.4. The molecule has 1 heterocycles. The Balaban J connectivity index is 1.56. The molecular formula is C19H21N3O3. The third-order valence-corrected chi connectivity index (χ3v) is 4.00. The number of aromatic nitrogens is 2. The predicted octanol–water partition coefficient (Wildman–Crippen LogP) is 2.83. The van der Waals surface area contributed by atoms with Crippen molar-refractivity contribution in [2.24, 2.45) is 0 Å². The molecule has 2 aromatic carbocycles. The summed E-state index contributed by atoms with van der Waals surface area (Å²) in [4.78, 5) is 19.8. The van der Waals surface area contributed by atoms with Crippen molar-refractivity contribution in [2.75, 3.05) is 14.2 Å². The van der Waals surface area contributed by atoms with Crippen LogP contribution in [0.25, 0.3) is 11.0 Å². The maximum Gasteiger partial charge on any atom is 0.220 e. The second kappa shape index (κ2) is 7.70. The van der Waals surface area contributed by atoms with Crippen molar-refractivity contribution in [1.29, 1.82) is 0 Å². The maximum atomic E-state index is 12.1. The van der Waals surface area contributed by atoms with Crippen molar-refractivity contribution in [3.63, 3.8) is 0 Å². The Morgan fingerprint density at radius 1 is 1.16 bits per heavy atom. The number of para-hydroxylation sites is 2. The first-order valence-electron chi connectivity index (χ1n) is 8.11. The molecule has 0 fully saturated rings. The number of imidazole rings is 1. The minimum atomic E-state index is -0.0367. The fourth-order valence-electron chi connectivity index (χ4n) is 2.69. The molecule has 0 aliphatic rings. The Morgan fingerprint density at radius 3 is 2.76 bits per heavy atom. The molecular weight excluding hydrogens is 318 g/mol. The molecule has 0 bridgehead atoms. The van der Waals surface area contributed by atoms with Crippen LogP contribution in [0.15, 0.2) is 42.5 Å². The molecule has 0 atom stereocenters. The van der Waals surface area contributed by atoms with Crippen LogP contribution in [0.5, 0.6) is 11.5 Å². The highest BCUT2D eigenvalue weighted by atomic mass is 16.5. The van der Waals surface area contributed by atoms with Crippen LogP contribution in [0.4, 0.5) is 0 Å². The quantitative estimate of drug-likeness (QED) is 0.694. The number of nitrogens with zero attached hydrogens (tertiary/aromatic N) is 1. The minimum Gasteiger partial charge on any atom is -0.497 e. The summed E-state index contributed by atoms with van der Waals surface area (Å²) in [7, 11) is 3.23. The zero-order valence-electron chi connectivity index (χ0n) is 14.3. The van der Waals surface area contributed by atoms with Gasteiger partial charge in [-0.2, -0.15) is 0 Å². The number of aryl methyl sites for hydroxylation is 1. The molecule has 0 aliphatic heterocycles. The van der Waals surface area contributed by atoms with Crippen molar-refractivity contribution in [2.45, 2.75) is 19.4 Å². The number of nitrogens with one attached hydrogen (secondary N) is 2. The lowest BCUT2D eigenvalue weighted by molar-refractivity contribution is -0.121. The normalized spacial score (nSPS) is 10.6. The number of fused-ring (bicyclic) bond motifs is 1. The summed E-state index contributed by atoms with van der Waals surface area (Å²) < 4.78 is 10.6. The highest BCUT2D eigenvalue weighted by molar-refractivity contribution is 5.77. The molecule has 1 aromatic heterocycles. The van der Waals surface area contributed by atoms with E-state index < -0.39 is 0 Å². The van der Waals surface area contributed by atoms with Crippen LogP contribution < -0.4 is 14.8 Å². The van der Waals surface area contributed by atoms with Gasteiger partial charge in [0, 0.05) is 6.42 Å². The van der Waals surface area contributed by atoms with Crippen LogP contribution in [0.3, 0.4) is 0 Å². The van der Waals surface area contributed by atoms with Crippen molar-refractivity contribution < 1.29 is 14.3 Å². The van der Waals surface area contributed by atoms with Gasteiger partial charge in [0.25, 0.3) is 0 Å². The highest BCUT2D eigenvalue weighted by Gasteiger charge is 2.09. The van der Waals surface area contributed by atoms with Gasteiger partial charge in [-0.25, -0.2) is 4.98 Å². The van der Waals surface area contributed by atoms with Crippen LogP contribution in [0.1, 0.15) is 17.8 Å². The lowest BCUT2D eigenvalue weighted by Crippen LogP contribution is -2.23. The van der Waals surface area contributed by atoms with E-state index in [4.69, 9.17) is 9.47 Å². The lowest BCUT2D eigenvalue weighted by atomic mass is 10.1. The predicted molar refractivity (Wildman–Crippen MR) is 95.8 cm³/mol. The Hall–Kier alpha value is -3.02. The van der Waals surface area contributed by atoms with Crippen molar-refractivity contribution in [3.8, 4) is 11.5 Å². The molecule has 0 radical (unpaired) electrons. The maximum absolute atomic E-state index is 12.1. The lowest BCUT2D eigenvalue weighted by Gasteiger charge is -2.10. The van der Waals surface area contributed by atoms with Crippen molar-refractivity contribution in [3.05, 3.63) is 53.9 Å². The van der Waals surface area contributed by atoms with E-state index in [0.29, 0.717) is 19.4 Å². The Morgan fingerprint density at radius 2 is 2.00 bits per heavy atom. The van der Waals surface area contributed by atoms with E-state index in [1.807, 2.05) is 42.5 Å². The molecule has 130 valence electrons. The van der Waals surface area contributed by atoms with Crippen molar-refractivity contribution >= 4 is 16.9 Å². The van der Waals surface area contributed by atoms with Gasteiger partial charge in [0.2, 0.25) is 5.91 Å². The standard InChI is InChI=1S/C19H21N3O3/c1-24-14-8-9-17(25-2)13(11-14)7-10-19(23)20-12-18-21-15-5-3-4-6-16(15)22-18/h3-6,8-9,11H,7,10,12H2,1-2H3,(H,20,23)(H,21,22). The van der Waals surface area contributed by atoms with Crippen molar-refractivity contribution in [1.82, 2.24) is 15.3 Å². The zero-order valence-corrected chi connectivity index (χ0v) is 14.3. The van der Waals surface area contributed by atoms with Gasteiger partial charge in [-0.15, -0.1) is 0 Å². The number of hydrogen-bond acceptors (Lipinski definition) is 4. The van der Waals surface area contributed by atoms with E-state index in [-0.39, 0.29) is 5.91 Å². The summed E-state index contributed by atoms with van der Waals surface area (Å²) >= 11 is 0. The van der Waals surface area contributed by atoms with E-state index in [2.05, 4.69) is 15.3 Å². The number of benzene rings is 2. The summed E-state index contributed by atoms with van der Waals surface area (Å²) in [6.07, 6.45) is 0.941. The molecule has 25 heavy (non-hydrogen) atoms. The largest absolute Gasteiger partial charge is 0.497 e. The number of methoxy groups -OCH3 is 2. The first-order chi connectivity index (χ1) is 12.2. The van der Waals surface area contributed by atoms with E-state index >= 15 is 0 Å². The number of carbonyl (C=O) groups is 1. The number of ether oxygens (including phenoxy) is 2. The van der Waals surface area contributed by atoms with Gasteiger partial charge in [-0.3, -0.25) is 4.79 Å². The van der Waals surface area contributed by atoms with Gasteiger partial charge in [0.15, 0.2) is 0 Å². The number of carbonyl (C=O) groups excluding carboxylic acids is 1. The number of rotatable bonds is 7. The number of hydrogen-bond donors (Lipinski definition) is 2. The van der Waals surface area contributed by atoms with Gasteiger partial charge in [-0.05, 0) is 42.3 Å². The molecule has 3 aromatic rings. The summed E-state index contributed by atoms with van der Waals surface area (Å²) in [5.41, 5.74) is 2.81. The molecule has 2 N–H and O–H groups in total. The van der Waals surface area contributed by atoms with E-state index in [9.17, 15) is 4.79 Å². The van der Waals surface area contributed by atoms with Gasteiger partial charge < -0.3 is 19.8 Å². The Labute approximate surface area is 146 Å². The van der Waals surface area contributed by atoms with Gasteiger partial charge in [0.05, 0.1) is 31.8 Å². The second-order valence-electron chi connectivity index (χ2n) is 5.66. The molecule has 6 nitrogen and oxygen atoms in total. The summed E-state index contributed by atoms with van der Waals surface area (Å²) in [5, 5.41) is 2.89. The SMILES string of the molecule is COc1ccc(OC)c(CCC(=O)NCc2nc3ccccc3[nH]2)c1.